The number of nitrogens with two attached hydrogens (primary N) is 1. The normalized spacial score (nSPS) is 19.3. The van der Waals surface area contributed by atoms with Crippen LogP contribution in [0.5, 0.6) is 5.75 Å². The third-order valence-corrected chi connectivity index (χ3v) is 7.38. The molecule has 3 aliphatic rings. The largest absolute Gasteiger partial charge is 0.434 e. The Morgan fingerprint density at radius 2 is 2.05 bits per heavy atom. The maximum Gasteiger partial charge on any atom is 0.387 e. The van der Waals surface area contributed by atoms with Gasteiger partial charge in [0.15, 0.2) is 0 Å². The summed E-state index contributed by atoms with van der Waals surface area (Å²) < 4.78 is 37.2. The molecule has 38 heavy (non-hydrogen) atoms. The van der Waals surface area contributed by atoms with Gasteiger partial charge in [-0.25, -0.2) is 4.79 Å². The Morgan fingerprint density at radius 3 is 2.71 bits per heavy atom. The summed E-state index contributed by atoms with van der Waals surface area (Å²) in [6.07, 6.45) is 4.95. The molecule has 12 heteroatoms. The number of amides is 2. The van der Waals surface area contributed by atoms with Crippen molar-refractivity contribution in [3.63, 3.8) is 0 Å². The first kappa shape index (κ1) is 27.8. The monoisotopic (exact) mass is 533 g/mol. The van der Waals surface area contributed by atoms with Crippen LogP contribution in [0, 0.1) is 10.8 Å². The predicted octanol–water partition coefficient (Wildman–Crippen LogP) is 2.78. The molecule has 4 rings (SSSR count). The van der Waals surface area contributed by atoms with E-state index in [0.717, 1.165) is 30.5 Å². The summed E-state index contributed by atoms with van der Waals surface area (Å²) in [6.45, 7) is -0.103. The minimum absolute atomic E-state index is 0.000796. The van der Waals surface area contributed by atoms with Gasteiger partial charge in [0.1, 0.15) is 11.6 Å². The Balaban J connectivity index is 1.71. The summed E-state index contributed by atoms with van der Waals surface area (Å²) in [6, 6.07) is 3.07. The average Bonchev–Trinajstić information content (AvgIpc) is 2.91. The number of urea groups is 1. The van der Waals surface area contributed by atoms with E-state index in [-0.39, 0.29) is 24.2 Å². The molecule has 1 aromatic carbocycles. The molecular formula is C26H37F2N7O3. The Morgan fingerprint density at radius 1 is 1.29 bits per heavy atom. The highest BCUT2D eigenvalue weighted by molar-refractivity contribution is 6.09. The zero-order valence-electron chi connectivity index (χ0n) is 21.7. The second-order valence-electron chi connectivity index (χ2n) is 9.83. The van der Waals surface area contributed by atoms with E-state index in [9.17, 15) is 19.0 Å². The van der Waals surface area contributed by atoms with Gasteiger partial charge < -0.3 is 41.1 Å². The number of nitrogens with zero attached hydrogens (tertiary/aromatic N) is 2. The number of rotatable bonds is 9. The van der Waals surface area contributed by atoms with Gasteiger partial charge in [0, 0.05) is 86.0 Å². The van der Waals surface area contributed by atoms with Gasteiger partial charge in [-0.2, -0.15) is 8.78 Å². The van der Waals surface area contributed by atoms with Crippen LogP contribution in [0.2, 0.25) is 0 Å². The van der Waals surface area contributed by atoms with Gasteiger partial charge in [-0.3, -0.25) is 5.41 Å². The molecule has 3 aliphatic heterocycles. The number of benzene rings is 1. The number of amidine groups is 1. The van der Waals surface area contributed by atoms with E-state index < -0.39 is 18.6 Å². The summed E-state index contributed by atoms with van der Waals surface area (Å²) in [7, 11) is 1.74. The number of nitrogens with one attached hydrogen (secondary N) is 4. The number of anilines is 1. The molecule has 1 fully saturated rings. The minimum Gasteiger partial charge on any atom is -0.434 e. The first-order valence-electron chi connectivity index (χ1n) is 13.1. The Labute approximate surface area is 221 Å². The molecule has 0 aromatic heterocycles. The molecule has 1 unspecified atom stereocenters. The smallest absolute Gasteiger partial charge is 0.387 e. The first-order chi connectivity index (χ1) is 18.3. The molecule has 2 amide bonds. The minimum atomic E-state index is -3.02. The zero-order chi connectivity index (χ0) is 27.2. The van der Waals surface area contributed by atoms with Crippen molar-refractivity contribution in [1.82, 2.24) is 15.5 Å². The number of primary amides is 1. The van der Waals surface area contributed by atoms with Crippen molar-refractivity contribution in [3.05, 3.63) is 34.5 Å². The summed E-state index contributed by atoms with van der Waals surface area (Å²) >= 11 is 0. The third kappa shape index (κ3) is 6.24. The second kappa shape index (κ2) is 12.5. The van der Waals surface area contributed by atoms with Crippen LogP contribution < -0.4 is 26.0 Å². The zero-order valence-corrected chi connectivity index (χ0v) is 21.7. The van der Waals surface area contributed by atoms with Crippen LogP contribution in [0.4, 0.5) is 19.3 Å². The molecule has 10 nitrogen and oxygen atoms in total. The number of aryl methyl sites for hydroxylation is 1. The quantitative estimate of drug-likeness (QED) is 0.244. The van der Waals surface area contributed by atoms with Crippen LogP contribution in [0.15, 0.2) is 23.4 Å². The fraction of sp³-hybridized carbons (Fsp3) is 0.577. The van der Waals surface area contributed by atoms with Crippen LogP contribution >= 0.6 is 0 Å². The maximum absolute atomic E-state index is 13.4. The molecule has 3 heterocycles. The lowest BCUT2D eigenvalue weighted by molar-refractivity contribution is -0.0504. The lowest BCUT2D eigenvalue weighted by Gasteiger charge is -2.38. The number of hydrogen-bond acceptors (Lipinski definition) is 7. The van der Waals surface area contributed by atoms with Crippen LogP contribution in [-0.4, -0.2) is 82.1 Å². The van der Waals surface area contributed by atoms with Gasteiger partial charge in [-0.1, -0.05) is 0 Å². The topological polar surface area (TPSA) is 140 Å². The average molecular weight is 534 g/mol. The predicted molar refractivity (Wildman–Crippen MR) is 142 cm³/mol. The lowest BCUT2D eigenvalue weighted by atomic mass is 9.91. The van der Waals surface area contributed by atoms with Gasteiger partial charge in [0.05, 0.1) is 6.54 Å². The van der Waals surface area contributed by atoms with Crippen molar-refractivity contribution in [2.45, 2.75) is 50.7 Å². The number of fused-ring (bicyclic) bond motifs is 1. The van der Waals surface area contributed by atoms with Crippen LogP contribution in [-0.2, 0) is 11.2 Å². The molecule has 0 bridgehead atoms. The van der Waals surface area contributed by atoms with Gasteiger partial charge >= 0.3 is 12.6 Å². The summed E-state index contributed by atoms with van der Waals surface area (Å²) in [5.74, 6) is -0.227. The van der Waals surface area contributed by atoms with Gasteiger partial charge in [-0.05, 0) is 44.4 Å². The number of ether oxygens (including phenoxy) is 2. The summed E-state index contributed by atoms with van der Waals surface area (Å²) in [4.78, 5) is 15.3. The molecule has 1 saturated heterocycles. The molecule has 0 radical (unpaired) electrons. The van der Waals surface area contributed by atoms with Crippen LogP contribution in [0.25, 0.3) is 0 Å². The highest BCUT2D eigenvalue weighted by atomic mass is 19.3. The van der Waals surface area contributed by atoms with E-state index >= 15 is 0 Å². The van der Waals surface area contributed by atoms with E-state index in [1.54, 1.807) is 13.1 Å². The lowest BCUT2D eigenvalue weighted by Crippen LogP contribution is -2.48. The molecule has 1 atom stereocenters. The van der Waals surface area contributed by atoms with Crippen LogP contribution in [0.3, 0.4) is 0 Å². The maximum atomic E-state index is 13.4. The number of likely N-dealkylation sites (N-methyl/N-ethyl adjacent to an activating group) is 1. The number of hydrogen-bond donors (Lipinski definition) is 5. The SMILES string of the molecule is CNCC(C=N)c1cc2c(cc1OC(F)F)N(C(=N)C1=C(NC3CCOCC3)CCN(C(N)=O)C1)CCC2. The Bertz CT molecular complexity index is 1080. The second-order valence-corrected chi connectivity index (χ2v) is 9.83. The highest BCUT2D eigenvalue weighted by Gasteiger charge is 2.32. The van der Waals surface area contributed by atoms with E-state index in [4.69, 9.17) is 20.6 Å². The van der Waals surface area contributed by atoms with E-state index in [2.05, 4.69) is 10.6 Å². The molecule has 0 aliphatic carbocycles. The number of halogens is 2. The van der Waals surface area contributed by atoms with Crippen LogP contribution in [0.1, 0.15) is 42.7 Å². The standard InChI is InChI=1S/C26H37F2N7O3/c1-32-14-17(13-29)19-11-16-3-2-7-35(22(16)12-23(19)38-25(27)28)24(30)20-15-34(26(31)36)8-4-21(20)33-18-5-9-37-10-6-18/h11-13,17-18,25,29-30,32-33H,2-10,14-15H2,1H3,(H2,31,36). The Kier molecular flexibility index (Phi) is 9.16. The van der Waals surface area contributed by atoms with Gasteiger partial charge in [0.25, 0.3) is 0 Å². The first-order valence-corrected chi connectivity index (χ1v) is 13.1. The van der Waals surface area contributed by atoms with E-state index in [1.807, 2.05) is 11.0 Å². The molecule has 0 spiro atoms. The molecule has 1 aromatic rings. The van der Waals surface area contributed by atoms with E-state index in [0.29, 0.717) is 62.5 Å². The van der Waals surface area contributed by atoms with Crippen molar-refractivity contribution >= 4 is 23.8 Å². The number of alkyl halides is 2. The fourth-order valence-electron chi connectivity index (χ4n) is 5.41. The highest BCUT2D eigenvalue weighted by Crippen LogP contribution is 2.38. The Hall–Kier alpha value is -3.25. The number of carbonyl (C=O) groups is 1. The van der Waals surface area contributed by atoms with Crippen molar-refractivity contribution in [1.29, 1.82) is 10.8 Å². The van der Waals surface area contributed by atoms with Crippen molar-refractivity contribution < 1.29 is 23.0 Å². The van der Waals surface area contributed by atoms with Crippen molar-refractivity contribution in [2.24, 2.45) is 5.73 Å². The number of carbonyl (C=O) groups excluding carboxylic acids is 1. The van der Waals surface area contributed by atoms with Crippen molar-refractivity contribution in [3.8, 4) is 5.75 Å². The summed E-state index contributed by atoms with van der Waals surface area (Å²) in [5.41, 5.74) is 9.22. The van der Waals surface area contributed by atoms with Crippen molar-refractivity contribution in [2.75, 3.05) is 51.3 Å². The third-order valence-electron chi connectivity index (χ3n) is 7.38. The molecule has 208 valence electrons. The van der Waals surface area contributed by atoms with E-state index in [1.165, 1.54) is 11.1 Å². The summed E-state index contributed by atoms with van der Waals surface area (Å²) in [5, 5.41) is 23.6. The van der Waals surface area contributed by atoms with Gasteiger partial charge in [0.2, 0.25) is 0 Å². The van der Waals surface area contributed by atoms with Gasteiger partial charge in [-0.15, -0.1) is 0 Å². The molecule has 6 N–H and O–H groups in total. The molecular weight excluding hydrogens is 496 g/mol. The fourth-order valence-corrected chi connectivity index (χ4v) is 5.41. The molecule has 0 saturated carbocycles.